The molecule has 0 aliphatic rings. The van der Waals surface area contributed by atoms with Crippen LogP contribution < -0.4 is 0 Å². The van der Waals surface area contributed by atoms with E-state index < -0.39 is 11.9 Å². The molecule has 1 heterocycles. The summed E-state index contributed by atoms with van der Waals surface area (Å²) in [5.41, 5.74) is 3.39. The summed E-state index contributed by atoms with van der Waals surface area (Å²) >= 11 is 0. The molecule has 0 atom stereocenters. The molecular weight excluding hydrogens is 404 g/mol. The molecule has 0 spiro atoms. The van der Waals surface area contributed by atoms with Crippen molar-refractivity contribution in [1.82, 2.24) is 4.98 Å². The molecule has 1 aromatic carbocycles. The smallest absolute Gasteiger partial charge is 0.355 e. The van der Waals surface area contributed by atoms with Gasteiger partial charge in [-0.05, 0) is 42.5 Å². The number of methoxy groups -OCH3 is 1. The third kappa shape index (κ3) is 7.12. The highest BCUT2D eigenvalue weighted by molar-refractivity contribution is 5.98. The molecule has 1 N–H and O–H groups in total. The maximum absolute atomic E-state index is 12.8. The van der Waals surface area contributed by atoms with Crippen molar-refractivity contribution in [3.8, 4) is 6.07 Å². The number of rotatable bonds is 12. The monoisotopic (exact) mass is 436 g/mol. The fourth-order valence-corrected chi connectivity index (χ4v) is 3.57. The van der Waals surface area contributed by atoms with E-state index in [9.17, 15) is 14.9 Å². The van der Waals surface area contributed by atoms with Crippen molar-refractivity contribution in [3.05, 3.63) is 64.0 Å². The Balaban J connectivity index is 2.23. The fraction of sp³-hybridized carbons (Fsp3) is 0.423. The van der Waals surface area contributed by atoms with Gasteiger partial charge in [-0.3, -0.25) is 0 Å². The van der Waals surface area contributed by atoms with Crippen LogP contribution in [0.4, 0.5) is 0 Å². The second-order valence-corrected chi connectivity index (χ2v) is 7.76. The first-order chi connectivity index (χ1) is 15.5. The van der Waals surface area contributed by atoms with Crippen LogP contribution in [0.15, 0.2) is 35.9 Å². The maximum Gasteiger partial charge on any atom is 0.355 e. The highest BCUT2D eigenvalue weighted by Crippen LogP contribution is 2.25. The number of ether oxygens (including phenoxy) is 2. The topological polar surface area (TPSA) is 92.2 Å². The van der Waals surface area contributed by atoms with Gasteiger partial charge in [0, 0.05) is 5.69 Å². The zero-order valence-corrected chi connectivity index (χ0v) is 19.2. The molecule has 2 aromatic rings. The number of carbonyl (C=O) groups is 2. The Hall–Kier alpha value is -3.33. The van der Waals surface area contributed by atoms with E-state index in [4.69, 9.17) is 4.74 Å². The van der Waals surface area contributed by atoms with Crippen molar-refractivity contribution in [3.63, 3.8) is 0 Å². The minimum absolute atomic E-state index is 0.123. The summed E-state index contributed by atoms with van der Waals surface area (Å²) in [6.07, 6.45) is 9.06. The highest BCUT2D eigenvalue weighted by atomic mass is 16.5. The van der Waals surface area contributed by atoms with Gasteiger partial charge in [-0.15, -0.1) is 0 Å². The van der Waals surface area contributed by atoms with Gasteiger partial charge in [-0.1, -0.05) is 69.4 Å². The van der Waals surface area contributed by atoms with E-state index in [0.29, 0.717) is 11.4 Å². The molecule has 0 saturated carbocycles. The molecule has 170 valence electrons. The quantitative estimate of drug-likeness (QED) is 0.200. The first-order valence-electron chi connectivity index (χ1n) is 11.1. The minimum atomic E-state index is -0.710. The first-order valence-corrected chi connectivity index (χ1v) is 11.1. The SMILES string of the molecule is CCCCCCCCc1c(/C=C(\C#N)C(=O)OC)[nH]c(C(=O)OCc2ccccc2)c1C. The predicted molar refractivity (Wildman–Crippen MR) is 124 cm³/mol. The number of aromatic amines is 1. The van der Waals surface area contributed by atoms with Crippen LogP contribution in [-0.4, -0.2) is 24.0 Å². The zero-order valence-electron chi connectivity index (χ0n) is 19.2. The number of hydrogen-bond donors (Lipinski definition) is 1. The van der Waals surface area contributed by atoms with Gasteiger partial charge in [0.05, 0.1) is 7.11 Å². The zero-order chi connectivity index (χ0) is 23.3. The normalized spacial score (nSPS) is 11.1. The molecule has 6 heteroatoms. The van der Waals surface area contributed by atoms with Crippen molar-refractivity contribution < 1.29 is 19.1 Å². The van der Waals surface area contributed by atoms with Gasteiger partial charge in [0.25, 0.3) is 0 Å². The summed E-state index contributed by atoms with van der Waals surface area (Å²) in [5.74, 6) is -1.18. The number of nitrogens with zero attached hydrogens (tertiary/aromatic N) is 1. The largest absolute Gasteiger partial charge is 0.465 e. The molecule has 0 radical (unpaired) electrons. The summed E-state index contributed by atoms with van der Waals surface area (Å²) < 4.78 is 10.2. The van der Waals surface area contributed by atoms with Gasteiger partial charge in [-0.25, -0.2) is 9.59 Å². The molecular formula is C26H32N2O4. The van der Waals surface area contributed by atoms with E-state index in [0.717, 1.165) is 36.0 Å². The molecule has 0 unspecified atom stereocenters. The molecule has 0 aliphatic heterocycles. The Morgan fingerprint density at radius 3 is 2.44 bits per heavy atom. The predicted octanol–water partition coefficient (Wildman–Crippen LogP) is 5.66. The van der Waals surface area contributed by atoms with Gasteiger partial charge in [0.1, 0.15) is 23.9 Å². The molecule has 0 amide bonds. The Labute approximate surface area is 190 Å². The van der Waals surface area contributed by atoms with Crippen molar-refractivity contribution in [1.29, 1.82) is 5.26 Å². The third-order valence-corrected chi connectivity index (χ3v) is 5.42. The van der Waals surface area contributed by atoms with Crippen LogP contribution in [0.2, 0.25) is 0 Å². The summed E-state index contributed by atoms with van der Waals surface area (Å²) in [7, 11) is 1.23. The highest BCUT2D eigenvalue weighted by Gasteiger charge is 2.21. The van der Waals surface area contributed by atoms with E-state index in [2.05, 4.69) is 16.6 Å². The van der Waals surface area contributed by atoms with E-state index in [1.165, 1.54) is 38.9 Å². The van der Waals surface area contributed by atoms with Gasteiger partial charge in [0.2, 0.25) is 0 Å². The summed E-state index contributed by atoms with van der Waals surface area (Å²) in [6.45, 7) is 4.22. The van der Waals surface area contributed by atoms with Crippen LogP contribution in [-0.2, 0) is 27.3 Å². The van der Waals surface area contributed by atoms with Crippen LogP contribution in [0.5, 0.6) is 0 Å². The minimum Gasteiger partial charge on any atom is -0.465 e. The molecule has 32 heavy (non-hydrogen) atoms. The molecule has 6 nitrogen and oxygen atoms in total. The number of H-pyrrole nitrogens is 1. The van der Waals surface area contributed by atoms with E-state index in [1.807, 2.05) is 43.3 Å². The fourth-order valence-electron chi connectivity index (χ4n) is 3.57. The molecule has 0 saturated heterocycles. The standard InChI is InChI=1S/C26H32N2O4/c1-4-5-6-7-8-12-15-22-19(2)24(26(30)32-18-20-13-10-9-11-14-20)28-23(22)16-21(17-27)25(29)31-3/h9-11,13-14,16,28H,4-8,12,15,18H2,1-3H3/b21-16+. The number of aromatic nitrogens is 1. The number of nitrogens with one attached hydrogen (secondary N) is 1. The van der Waals surface area contributed by atoms with Gasteiger partial charge < -0.3 is 14.5 Å². The van der Waals surface area contributed by atoms with Crippen molar-refractivity contribution >= 4 is 18.0 Å². The Kier molecular flexibility index (Phi) is 10.3. The van der Waals surface area contributed by atoms with Crippen LogP contribution >= 0.6 is 0 Å². The van der Waals surface area contributed by atoms with Crippen LogP contribution in [0.25, 0.3) is 6.08 Å². The number of hydrogen-bond acceptors (Lipinski definition) is 5. The second kappa shape index (κ2) is 13.2. The first kappa shape index (κ1) is 24.9. The molecule has 0 bridgehead atoms. The molecule has 0 fully saturated rings. The van der Waals surface area contributed by atoms with Crippen LogP contribution in [0.3, 0.4) is 0 Å². The molecule has 1 aromatic heterocycles. The molecule has 0 aliphatic carbocycles. The third-order valence-electron chi connectivity index (χ3n) is 5.42. The Morgan fingerprint density at radius 1 is 1.09 bits per heavy atom. The van der Waals surface area contributed by atoms with E-state index in [-0.39, 0.29) is 12.2 Å². The number of esters is 2. The van der Waals surface area contributed by atoms with Gasteiger partial charge >= 0.3 is 11.9 Å². The molecule has 2 rings (SSSR count). The van der Waals surface area contributed by atoms with Crippen molar-refractivity contribution in [2.45, 2.75) is 65.4 Å². The van der Waals surface area contributed by atoms with Gasteiger partial charge in [-0.2, -0.15) is 5.26 Å². The lowest BCUT2D eigenvalue weighted by Crippen LogP contribution is -2.07. The average Bonchev–Trinajstić information content (AvgIpc) is 3.13. The van der Waals surface area contributed by atoms with E-state index >= 15 is 0 Å². The number of benzene rings is 1. The van der Waals surface area contributed by atoms with Crippen LogP contribution in [0.1, 0.15) is 78.3 Å². The lowest BCUT2D eigenvalue weighted by atomic mass is 10.0. The Bertz CT molecular complexity index is 968. The van der Waals surface area contributed by atoms with Crippen molar-refractivity contribution in [2.24, 2.45) is 0 Å². The second-order valence-electron chi connectivity index (χ2n) is 7.76. The number of carbonyl (C=O) groups excluding carboxylic acids is 2. The average molecular weight is 437 g/mol. The van der Waals surface area contributed by atoms with Crippen molar-refractivity contribution in [2.75, 3.05) is 7.11 Å². The van der Waals surface area contributed by atoms with E-state index in [1.54, 1.807) is 0 Å². The maximum atomic E-state index is 12.8. The Morgan fingerprint density at radius 2 is 1.78 bits per heavy atom. The summed E-state index contributed by atoms with van der Waals surface area (Å²) in [5, 5.41) is 9.35. The summed E-state index contributed by atoms with van der Waals surface area (Å²) in [4.78, 5) is 27.7. The lowest BCUT2D eigenvalue weighted by molar-refractivity contribution is -0.135. The lowest BCUT2D eigenvalue weighted by Gasteiger charge is -2.05. The number of unbranched alkanes of at least 4 members (excludes halogenated alkanes) is 5. The van der Waals surface area contributed by atoms with Crippen LogP contribution in [0, 0.1) is 18.3 Å². The van der Waals surface area contributed by atoms with Gasteiger partial charge in [0.15, 0.2) is 0 Å². The summed E-state index contributed by atoms with van der Waals surface area (Å²) in [6, 6.07) is 11.3. The number of nitriles is 1.